The highest BCUT2D eigenvalue weighted by atomic mass is 16.6. The second-order valence-electron chi connectivity index (χ2n) is 7.15. The molecule has 6 heteroatoms. The van der Waals surface area contributed by atoms with Crippen LogP contribution in [-0.2, 0) is 16.0 Å². The molecule has 0 heterocycles. The number of ether oxygens (including phenoxy) is 1. The van der Waals surface area contributed by atoms with Crippen molar-refractivity contribution in [1.29, 1.82) is 0 Å². The zero-order chi connectivity index (χ0) is 18.3. The SMILES string of the molecule is CC(C)[C@@H](CNc1ccc(CC(=O)O)cc1)NC(=O)OC(C)(C)C. The average molecular weight is 336 g/mol. The first-order chi connectivity index (χ1) is 11.1. The maximum atomic E-state index is 11.9. The molecule has 0 saturated heterocycles. The van der Waals surface area contributed by atoms with Crippen molar-refractivity contribution >= 4 is 17.7 Å². The lowest BCUT2D eigenvalue weighted by Crippen LogP contribution is -2.45. The Bertz CT molecular complexity index is 547. The Morgan fingerprint density at radius 1 is 1.17 bits per heavy atom. The minimum Gasteiger partial charge on any atom is -0.481 e. The third kappa shape index (κ3) is 7.85. The van der Waals surface area contributed by atoms with Gasteiger partial charge in [0.05, 0.1) is 12.5 Å². The summed E-state index contributed by atoms with van der Waals surface area (Å²) in [6, 6.07) is 7.15. The molecule has 0 fully saturated rings. The van der Waals surface area contributed by atoms with Gasteiger partial charge in [0.25, 0.3) is 0 Å². The van der Waals surface area contributed by atoms with Gasteiger partial charge in [0.2, 0.25) is 0 Å². The molecule has 24 heavy (non-hydrogen) atoms. The Hall–Kier alpha value is -2.24. The fraction of sp³-hybridized carbons (Fsp3) is 0.556. The molecule has 3 N–H and O–H groups in total. The number of benzene rings is 1. The number of aliphatic carboxylic acids is 1. The van der Waals surface area contributed by atoms with E-state index in [-0.39, 0.29) is 18.4 Å². The van der Waals surface area contributed by atoms with Crippen molar-refractivity contribution in [1.82, 2.24) is 5.32 Å². The summed E-state index contributed by atoms with van der Waals surface area (Å²) in [6.45, 7) is 10.1. The number of hydrogen-bond donors (Lipinski definition) is 3. The topological polar surface area (TPSA) is 87.7 Å². The molecule has 0 aliphatic heterocycles. The number of carboxylic acids is 1. The Labute approximate surface area is 143 Å². The highest BCUT2D eigenvalue weighted by Crippen LogP contribution is 2.12. The van der Waals surface area contributed by atoms with E-state index in [0.717, 1.165) is 11.3 Å². The highest BCUT2D eigenvalue weighted by Gasteiger charge is 2.21. The number of carbonyl (C=O) groups excluding carboxylic acids is 1. The quantitative estimate of drug-likeness (QED) is 0.711. The van der Waals surface area contributed by atoms with Crippen LogP contribution in [0.3, 0.4) is 0 Å². The van der Waals surface area contributed by atoms with Gasteiger partial charge < -0.3 is 20.5 Å². The molecule has 6 nitrogen and oxygen atoms in total. The van der Waals surface area contributed by atoms with Gasteiger partial charge in [0, 0.05) is 12.2 Å². The number of amides is 1. The van der Waals surface area contributed by atoms with Gasteiger partial charge in [-0.2, -0.15) is 0 Å². The van der Waals surface area contributed by atoms with E-state index >= 15 is 0 Å². The van der Waals surface area contributed by atoms with E-state index in [1.165, 1.54) is 0 Å². The first-order valence-corrected chi connectivity index (χ1v) is 8.11. The molecule has 0 aromatic heterocycles. The van der Waals surface area contributed by atoms with Crippen LogP contribution < -0.4 is 10.6 Å². The number of alkyl carbamates (subject to hydrolysis) is 1. The third-order valence-corrected chi connectivity index (χ3v) is 3.34. The van der Waals surface area contributed by atoms with E-state index in [0.29, 0.717) is 6.54 Å². The number of rotatable bonds is 7. The molecule has 0 saturated carbocycles. The largest absolute Gasteiger partial charge is 0.481 e. The first-order valence-electron chi connectivity index (χ1n) is 8.11. The fourth-order valence-corrected chi connectivity index (χ4v) is 2.06. The first kappa shape index (κ1) is 19.8. The van der Waals surface area contributed by atoms with E-state index in [2.05, 4.69) is 10.6 Å². The number of nitrogens with one attached hydrogen (secondary N) is 2. The molecule has 1 rings (SSSR count). The second kappa shape index (κ2) is 8.57. The Morgan fingerprint density at radius 3 is 2.21 bits per heavy atom. The lowest BCUT2D eigenvalue weighted by molar-refractivity contribution is -0.136. The Balaban J connectivity index is 2.57. The summed E-state index contributed by atoms with van der Waals surface area (Å²) in [6.07, 6.45) is -0.422. The van der Waals surface area contributed by atoms with E-state index < -0.39 is 17.7 Å². The van der Waals surface area contributed by atoms with E-state index in [1.54, 1.807) is 12.1 Å². The van der Waals surface area contributed by atoms with Crippen molar-refractivity contribution in [3.8, 4) is 0 Å². The lowest BCUT2D eigenvalue weighted by Gasteiger charge is -2.26. The minimum atomic E-state index is -0.850. The van der Waals surface area contributed by atoms with Crippen molar-refractivity contribution in [2.24, 2.45) is 5.92 Å². The molecular weight excluding hydrogens is 308 g/mol. The summed E-state index contributed by atoms with van der Waals surface area (Å²) in [4.78, 5) is 22.6. The standard InChI is InChI=1S/C18H28N2O4/c1-12(2)15(20-17(23)24-18(3,4)5)11-19-14-8-6-13(7-9-14)10-16(21)22/h6-9,12,15,19H,10-11H2,1-5H3,(H,20,23)(H,21,22)/t15-/m1/s1. The summed E-state index contributed by atoms with van der Waals surface area (Å²) in [7, 11) is 0. The van der Waals surface area contributed by atoms with Crippen LogP contribution in [-0.4, -0.2) is 35.4 Å². The van der Waals surface area contributed by atoms with E-state index in [1.807, 2.05) is 46.8 Å². The Kier molecular flexibility index (Phi) is 7.07. The van der Waals surface area contributed by atoms with Gasteiger partial charge in [-0.3, -0.25) is 4.79 Å². The molecule has 0 spiro atoms. The average Bonchev–Trinajstić information content (AvgIpc) is 2.42. The van der Waals surface area contributed by atoms with Crippen molar-refractivity contribution in [2.45, 2.75) is 52.7 Å². The molecule has 1 aromatic carbocycles. The molecule has 134 valence electrons. The summed E-state index contributed by atoms with van der Waals surface area (Å²) in [5.41, 5.74) is 1.10. The predicted molar refractivity (Wildman–Crippen MR) is 94.3 cm³/mol. The molecular formula is C18H28N2O4. The maximum Gasteiger partial charge on any atom is 0.407 e. The van der Waals surface area contributed by atoms with Gasteiger partial charge in [-0.05, 0) is 44.4 Å². The molecule has 1 aromatic rings. The molecule has 0 unspecified atom stereocenters. The number of carboxylic acid groups (broad SMARTS) is 1. The van der Waals surface area contributed by atoms with Gasteiger partial charge in [0.15, 0.2) is 0 Å². The van der Waals surface area contributed by atoms with Gasteiger partial charge in [-0.1, -0.05) is 26.0 Å². The zero-order valence-corrected chi connectivity index (χ0v) is 15.1. The smallest absolute Gasteiger partial charge is 0.407 e. The van der Waals surface area contributed by atoms with E-state index in [9.17, 15) is 9.59 Å². The fourth-order valence-electron chi connectivity index (χ4n) is 2.06. The molecule has 0 bridgehead atoms. The van der Waals surface area contributed by atoms with Gasteiger partial charge in [-0.15, -0.1) is 0 Å². The van der Waals surface area contributed by atoms with Crippen molar-refractivity contribution in [3.05, 3.63) is 29.8 Å². The van der Waals surface area contributed by atoms with Gasteiger partial charge in [0.1, 0.15) is 5.60 Å². The van der Waals surface area contributed by atoms with Crippen molar-refractivity contribution < 1.29 is 19.4 Å². The molecule has 0 radical (unpaired) electrons. The number of hydrogen-bond acceptors (Lipinski definition) is 4. The summed E-state index contributed by atoms with van der Waals surface area (Å²) in [5, 5.41) is 14.9. The monoisotopic (exact) mass is 336 g/mol. The summed E-state index contributed by atoms with van der Waals surface area (Å²) >= 11 is 0. The third-order valence-electron chi connectivity index (χ3n) is 3.34. The van der Waals surface area contributed by atoms with Crippen LogP contribution >= 0.6 is 0 Å². The van der Waals surface area contributed by atoms with Gasteiger partial charge in [-0.25, -0.2) is 4.79 Å². The predicted octanol–water partition coefficient (Wildman–Crippen LogP) is 3.27. The van der Waals surface area contributed by atoms with Crippen molar-refractivity contribution in [3.63, 3.8) is 0 Å². The highest BCUT2D eigenvalue weighted by molar-refractivity contribution is 5.70. The summed E-state index contributed by atoms with van der Waals surface area (Å²) in [5.74, 6) is -0.617. The van der Waals surface area contributed by atoms with Crippen LogP contribution in [0.1, 0.15) is 40.2 Å². The summed E-state index contributed by atoms with van der Waals surface area (Å²) < 4.78 is 5.29. The van der Waals surface area contributed by atoms with Crippen LogP contribution in [0.4, 0.5) is 10.5 Å². The van der Waals surface area contributed by atoms with Crippen LogP contribution in [0, 0.1) is 5.92 Å². The molecule has 1 amide bonds. The molecule has 1 atom stereocenters. The number of carbonyl (C=O) groups is 2. The normalized spacial score (nSPS) is 12.6. The van der Waals surface area contributed by atoms with Gasteiger partial charge >= 0.3 is 12.1 Å². The maximum absolute atomic E-state index is 11.9. The van der Waals surface area contributed by atoms with Crippen LogP contribution in [0.25, 0.3) is 0 Å². The van der Waals surface area contributed by atoms with E-state index in [4.69, 9.17) is 9.84 Å². The Morgan fingerprint density at radius 2 is 1.75 bits per heavy atom. The van der Waals surface area contributed by atoms with Crippen molar-refractivity contribution in [2.75, 3.05) is 11.9 Å². The van der Waals surface area contributed by atoms with Crippen LogP contribution in [0.5, 0.6) is 0 Å². The minimum absolute atomic E-state index is 0.00903. The molecule has 0 aliphatic carbocycles. The number of anilines is 1. The molecule has 0 aliphatic rings. The second-order valence-corrected chi connectivity index (χ2v) is 7.15. The van der Waals surface area contributed by atoms with Crippen LogP contribution in [0.15, 0.2) is 24.3 Å². The van der Waals surface area contributed by atoms with Crippen LogP contribution in [0.2, 0.25) is 0 Å². The lowest BCUT2D eigenvalue weighted by atomic mass is 10.0. The zero-order valence-electron chi connectivity index (χ0n) is 15.1.